The number of nitriles is 1. The summed E-state index contributed by atoms with van der Waals surface area (Å²) in [6, 6.07) is 13.5. The molecule has 0 aliphatic carbocycles. The second-order valence-electron chi connectivity index (χ2n) is 7.16. The summed E-state index contributed by atoms with van der Waals surface area (Å²) in [7, 11) is 0. The quantitative estimate of drug-likeness (QED) is 0.729. The van der Waals surface area contributed by atoms with E-state index >= 15 is 0 Å². The number of pyridine rings is 1. The highest BCUT2D eigenvalue weighted by Crippen LogP contribution is 2.37. The van der Waals surface area contributed by atoms with Crippen LogP contribution in [0, 0.1) is 18.3 Å². The van der Waals surface area contributed by atoms with Crippen LogP contribution in [-0.2, 0) is 0 Å². The van der Waals surface area contributed by atoms with Crippen LogP contribution in [-0.4, -0.2) is 29.2 Å². The molecular weight excluding hydrogens is 336 g/mol. The monoisotopic (exact) mass is 358 g/mol. The van der Waals surface area contributed by atoms with E-state index in [0.29, 0.717) is 5.56 Å². The van der Waals surface area contributed by atoms with Gasteiger partial charge in [-0.15, -0.1) is 0 Å². The van der Waals surface area contributed by atoms with Gasteiger partial charge in [-0.25, -0.2) is 0 Å². The highest BCUT2D eigenvalue weighted by molar-refractivity contribution is 5.96. The number of aromatic hydroxyl groups is 1. The Bertz CT molecular complexity index is 1050. The number of piperidine rings is 1. The molecule has 5 nitrogen and oxygen atoms in total. The highest BCUT2D eigenvalue weighted by Gasteiger charge is 2.20. The number of rotatable bonds is 2. The predicted molar refractivity (Wildman–Crippen MR) is 108 cm³/mol. The van der Waals surface area contributed by atoms with Crippen LogP contribution in [0.15, 0.2) is 42.6 Å². The van der Waals surface area contributed by atoms with Crippen molar-refractivity contribution < 1.29 is 5.11 Å². The van der Waals surface area contributed by atoms with Crippen molar-refractivity contribution in [2.45, 2.75) is 25.8 Å². The molecule has 5 heteroatoms. The number of phenols is 1. The number of aryl methyl sites for hydroxylation is 1. The zero-order valence-electron chi connectivity index (χ0n) is 15.3. The van der Waals surface area contributed by atoms with Crippen LogP contribution in [0.5, 0.6) is 5.75 Å². The van der Waals surface area contributed by atoms with Gasteiger partial charge in [-0.05, 0) is 49.1 Å². The average Bonchev–Trinajstić information content (AvgIpc) is 2.69. The Kier molecular flexibility index (Phi) is 4.43. The van der Waals surface area contributed by atoms with Gasteiger partial charge in [0.1, 0.15) is 11.8 Å². The minimum absolute atomic E-state index is 0.0189. The fourth-order valence-electron chi connectivity index (χ4n) is 3.86. The standard InChI is InChI=1S/C22H22N4O/c1-14-13-25-20-6-5-15(18-4-2-3-16(12-23)22(18)27)11-19(20)21(14)26-9-7-17(24)8-10-26/h2-6,11,13,17,27H,7-10,24H2,1H3. The van der Waals surface area contributed by atoms with Gasteiger partial charge >= 0.3 is 0 Å². The molecule has 2 heterocycles. The SMILES string of the molecule is Cc1cnc2ccc(-c3cccc(C#N)c3O)cc2c1N1CCC(N)CC1. The molecule has 1 aliphatic rings. The number of benzene rings is 2. The van der Waals surface area contributed by atoms with Crippen molar-refractivity contribution in [3.8, 4) is 22.9 Å². The maximum atomic E-state index is 10.5. The lowest BCUT2D eigenvalue weighted by Gasteiger charge is -2.33. The lowest BCUT2D eigenvalue weighted by molar-refractivity contribution is 0.475. The third kappa shape index (κ3) is 3.09. The number of hydrogen-bond acceptors (Lipinski definition) is 5. The summed E-state index contributed by atoms with van der Waals surface area (Å²) in [5.41, 5.74) is 11.1. The van der Waals surface area contributed by atoms with Gasteiger partial charge in [0.25, 0.3) is 0 Å². The summed E-state index contributed by atoms with van der Waals surface area (Å²) < 4.78 is 0. The van der Waals surface area contributed by atoms with Crippen LogP contribution >= 0.6 is 0 Å². The van der Waals surface area contributed by atoms with E-state index in [2.05, 4.69) is 22.9 Å². The van der Waals surface area contributed by atoms with Crippen molar-refractivity contribution in [1.29, 1.82) is 5.26 Å². The van der Waals surface area contributed by atoms with Crippen molar-refractivity contribution >= 4 is 16.6 Å². The molecule has 0 atom stereocenters. The van der Waals surface area contributed by atoms with Gasteiger partial charge in [-0.3, -0.25) is 4.98 Å². The van der Waals surface area contributed by atoms with Crippen molar-refractivity contribution in [3.63, 3.8) is 0 Å². The van der Waals surface area contributed by atoms with E-state index in [-0.39, 0.29) is 17.4 Å². The Morgan fingerprint density at radius 3 is 2.74 bits per heavy atom. The lowest BCUT2D eigenvalue weighted by Crippen LogP contribution is -2.40. The Balaban J connectivity index is 1.87. The van der Waals surface area contributed by atoms with Crippen molar-refractivity contribution in [2.75, 3.05) is 18.0 Å². The van der Waals surface area contributed by atoms with Crippen LogP contribution in [0.4, 0.5) is 5.69 Å². The first-order valence-corrected chi connectivity index (χ1v) is 9.21. The molecule has 2 aromatic carbocycles. The van der Waals surface area contributed by atoms with E-state index in [0.717, 1.165) is 48.0 Å². The van der Waals surface area contributed by atoms with Crippen LogP contribution in [0.25, 0.3) is 22.0 Å². The van der Waals surface area contributed by atoms with E-state index in [9.17, 15) is 10.4 Å². The van der Waals surface area contributed by atoms with Gasteiger partial charge < -0.3 is 15.7 Å². The summed E-state index contributed by atoms with van der Waals surface area (Å²) in [5.74, 6) is 0.0189. The molecule has 27 heavy (non-hydrogen) atoms. The molecule has 1 saturated heterocycles. The van der Waals surface area contributed by atoms with Gasteiger partial charge in [-0.2, -0.15) is 5.26 Å². The molecule has 1 aliphatic heterocycles. The molecule has 4 rings (SSSR count). The summed E-state index contributed by atoms with van der Waals surface area (Å²) in [6.45, 7) is 3.94. The molecular formula is C22H22N4O. The zero-order valence-corrected chi connectivity index (χ0v) is 15.3. The minimum atomic E-state index is 0.0189. The number of nitrogens with two attached hydrogens (primary N) is 1. The molecule has 1 fully saturated rings. The fourth-order valence-corrected chi connectivity index (χ4v) is 3.86. The molecule has 3 N–H and O–H groups in total. The molecule has 0 bridgehead atoms. The van der Waals surface area contributed by atoms with Crippen molar-refractivity contribution in [3.05, 3.63) is 53.7 Å². The van der Waals surface area contributed by atoms with Gasteiger partial charge in [0.05, 0.1) is 16.8 Å². The molecule has 1 aromatic heterocycles. The number of anilines is 1. The number of hydrogen-bond donors (Lipinski definition) is 2. The van der Waals surface area contributed by atoms with Crippen LogP contribution in [0.1, 0.15) is 24.0 Å². The van der Waals surface area contributed by atoms with Gasteiger partial charge in [0.15, 0.2) is 0 Å². The molecule has 136 valence electrons. The smallest absolute Gasteiger partial charge is 0.141 e. The molecule has 0 spiro atoms. The minimum Gasteiger partial charge on any atom is -0.506 e. The topological polar surface area (TPSA) is 86.2 Å². The number of aromatic nitrogens is 1. The average molecular weight is 358 g/mol. The zero-order chi connectivity index (χ0) is 19.0. The number of nitrogens with zero attached hydrogens (tertiary/aromatic N) is 3. The lowest BCUT2D eigenvalue weighted by atomic mass is 9.97. The molecule has 0 radical (unpaired) electrons. The fraction of sp³-hybridized carbons (Fsp3) is 0.273. The Morgan fingerprint density at radius 2 is 2.00 bits per heavy atom. The Labute approximate surface area is 158 Å². The van der Waals surface area contributed by atoms with E-state index in [4.69, 9.17) is 5.73 Å². The maximum absolute atomic E-state index is 10.5. The van der Waals surface area contributed by atoms with Gasteiger partial charge in [0.2, 0.25) is 0 Å². The molecule has 0 unspecified atom stereocenters. The van der Waals surface area contributed by atoms with Crippen LogP contribution in [0.2, 0.25) is 0 Å². The van der Waals surface area contributed by atoms with E-state index in [1.54, 1.807) is 12.1 Å². The number of phenolic OH excluding ortho intramolecular Hbond substituents is 1. The van der Waals surface area contributed by atoms with Gasteiger partial charge in [-0.1, -0.05) is 18.2 Å². The molecule has 0 amide bonds. The summed E-state index contributed by atoms with van der Waals surface area (Å²) in [5, 5.41) is 20.7. The normalized spacial score (nSPS) is 15.1. The van der Waals surface area contributed by atoms with E-state index in [1.807, 2.05) is 30.5 Å². The second-order valence-corrected chi connectivity index (χ2v) is 7.16. The largest absolute Gasteiger partial charge is 0.506 e. The van der Waals surface area contributed by atoms with Crippen molar-refractivity contribution in [2.24, 2.45) is 5.73 Å². The first kappa shape index (κ1) is 17.3. The van der Waals surface area contributed by atoms with E-state index in [1.165, 1.54) is 5.69 Å². The molecule has 3 aromatic rings. The summed E-state index contributed by atoms with van der Waals surface area (Å²) >= 11 is 0. The maximum Gasteiger partial charge on any atom is 0.141 e. The Hall–Kier alpha value is -3.10. The van der Waals surface area contributed by atoms with Crippen LogP contribution in [0.3, 0.4) is 0 Å². The summed E-state index contributed by atoms with van der Waals surface area (Å²) in [6.07, 6.45) is 3.88. The third-order valence-electron chi connectivity index (χ3n) is 5.35. The first-order valence-electron chi connectivity index (χ1n) is 9.21. The summed E-state index contributed by atoms with van der Waals surface area (Å²) in [4.78, 5) is 6.96. The number of fused-ring (bicyclic) bond motifs is 1. The van der Waals surface area contributed by atoms with Gasteiger partial charge in [0, 0.05) is 36.3 Å². The second kappa shape index (κ2) is 6.90. The van der Waals surface area contributed by atoms with E-state index < -0.39 is 0 Å². The highest BCUT2D eigenvalue weighted by atomic mass is 16.3. The predicted octanol–water partition coefficient (Wildman–Crippen LogP) is 3.72. The third-order valence-corrected chi connectivity index (χ3v) is 5.35. The van der Waals surface area contributed by atoms with Crippen LogP contribution < -0.4 is 10.6 Å². The Morgan fingerprint density at radius 1 is 1.22 bits per heavy atom. The molecule has 0 saturated carbocycles. The number of para-hydroxylation sites is 1. The van der Waals surface area contributed by atoms with Crippen molar-refractivity contribution in [1.82, 2.24) is 4.98 Å². The first-order chi connectivity index (χ1) is 13.1.